The van der Waals surface area contributed by atoms with E-state index in [9.17, 15) is 8.42 Å². The fraction of sp³-hybridized carbons (Fsp3) is 0.286. The summed E-state index contributed by atoms with van der Waals surface area (Å²) in [5.41, 5.74) is 0.982. The predicted molar refractivity (Wildman–Crippen MR) is 76.5 cm³/mol. The van der Waals surface area contributed by atoms with E-state index in [0.29, 0.717) is 0 Å². The number of nitrogens with two attached hydrogens (primary N) is 1. The van der Waals surface area contributed by atoms with E-state index in [2.05, 4.69) is 5.32 Å². The van der Waals surface area contributed by atoms with Gasteiger partial charge >= 0.3 is 0 Å². The van der Waals surface area contributed by atoms with Gasteiger partial charge in [-0.2, -0.15) is 0 Å². The summed E-state index contributed by atoms with van der Waals surface area (Å²) < 4.78 is 27.7. The lowest BCUT2D eigenvalue weighted by Gasteiger charge is -2.19. The van der Waals surface area contributed by atoms with Crippen LogP contribution in [0.3, 0.4) is 0 Å². The van der Waals surface area contributed by atoms with Crippen LogP contribution >= 0.6 is 0 Å². The molecule has 2 rings (SSSR count). The molecule has 0 aliphatic rings. The minimum atomic E-state index is -3.64. The first-order valence-electron chi connectivity index (χ1n) is 6.30. The van der Waals surface area contributed by atoms with Gasteiger partial charge in [-0.1, -0.05) is 12.1 Å². The van der Waals surface area contributed by atoms with E-state index in [0.717, 1.165) is 11.3 Å². The second-order valence-corrected chi connectivity index (χ2v) is 6.30. The molecule has 2 atom stereocenters. The Bertz CT molecular complexity index is 648. The topological polar surface area (TPSA) is 85.3 Å². The molecule has 3 N–H and O–H groups in total. The van der Waals surface area contributed by atoms with Gasteiger partial charge in [0.2, 0.25) is 10.0 Å². The van der Waals surface area contributed by atoms with Crippen molar-refractivity contribution >= 4 is 10.0 Å². The van der Waals surface area contributed by atoms with Crippen molar-refractivity contribution in [2.24, 2.45) is 5.14 Å². The van der Waals surface area contributed by atoms with E-state index in [-0.39, 0.29) is 17.0 Å². The Labute approximate surface area is 118 Å². The molecule has 0 saturated heterocycles. The molecular weight excluding hydrogens is 276 g/mol. The molecule has 0 fully saturated rings. The average Bonchev–Trinajstić information content (AvgIpc) is 2.91. The molecule has 0 aliphatic carbocycles. The Hall–Kier alpha value is -1.63. The quantitative estimate of drug-likeness (QED) is 0.886. The van der Waals surface area contributed by atoms with Gasteiger partial charge in [0.15, 0.2) is 0 Å². The number of hydrogen-bond acceptors (Lipinski definition) is 4. The summed E-state index contributed by atoms with van der Waals surface area (Å²) in [4.78, 5) is 0.118. The van der Waals surface area contributed by atoms with Crippen LogP contribution in [0.25, 0.3) is 0 Å². The van der Waals surface area contributed by atoms with Crippen molar-refractivity contribution < 1.29 is 12.8 Å². The maximum absolute atomic E-state index is 11.2. The Kier molecular flexibility index (Phi) is 4.27. The summed E-state index contributed by atoms with van der Waals surface area (Å²) >= 11 is 0. The zero-order chi connectivity index (χ0) is 14.8. The first-order valence-corrected chi connectivity index (χ1v) is 7.85. The van der Waals surface area contributed by atoms with Crippen LogP contribution in [-0.2, 0) is 10.0 Å². The molecule has 1 heterocycles. The Morgan fingerprint density at radius 2 is 1.75 bits per heavy atom. The molecule has 108 valence electrons. The van der Waals surface area contributed by atoms with Crippen LogP contribution in [-0.4, -0.2) is 8.42 Å². The standard InChI is InChI=1S/C14H18N2O3S/c1-10(16-11(2)14-4-3-9-19-14)12-5-7-13(8-6-12)20(15,17)18/h3-11,16H,1-2H3,(H2,15,17,18)/t10?,11-/m0/s1. The number of rotatable bonds is 5. The van der Waals surface area contributed by atoms with E-state index >= 15 is 0 Å². The average molecular weight is 294 g/mol. The normalized spacial score (nSPS) is 14.9. The van der Waals surface area contributed by atoms with Crippen LogP contribution in [0, 0.1) is 0 Å². The minimum absolute atomic E-state index is 0.0598. The van der Waals surface area contributed by atoms with E-state index in [1.165, 1.54) is 12.1 Å². The van der Waals surface area contributed by atoms with E-state index in [1.807, 2.05) is 26.0 Å². The summed E-state index contributed by atoms with van der Waals surface area (Å²) in [7, 11) is -3.64. The van der Waals surface area contributed by atoms with Gasteiger partial charge in [-0.05, 0) is 43.7 Å². The van der Waals surface area contributed by atoms with E-state index < -0.39 is 10.0 Å². The molecule has 0 saturated carbocycles. The third kappa shape index (κ3) is 3.47. The van der Waals surface area contributed by atoms with Gasteiger partial charge in [-0.3, -0.25) is 0 Å². The lowest BCUT2D eigenvalue weighted by Crippen LogP contribution is -2.22. The summed E-state index contributed by atoms with van der Waals surface area (Å²) in [5, 5.41) is 8.45. The number of nitrogens with one attached hydrogen (secondary N) is 1. The van der Waals surface area contributed by atoms with Crippen LogP contribution in [0.5, 0.6) is 0 Å². The molecule has 1 aromatic heterocycles. The second-order valence-electron chi connectivity index (χ2n) is 4.74. The molecule has 0 bridgehead atoms. The first kappa shape index (κ1) is 14.8. The van der Waals surface area contributed by atoms with Crippen molar-refractivity contribution in [3.8, 4) is 0 Å². The Balaban J connectivity index is 2.08. The Morgan fingerprint density at radius 3 is 2.25 bits per heavy atom. The minimum Gasteiger partial charge on any atom is -0.468 e. The third-order valence-corrected chi connectivity index (χ3v) is 4.11. The van der Waals surface area contributed by atoms with Gasteiger partial charge in [-0.15, -0.1) is 0 Å². The number of sulfonamides is 1. The largest absolute Gasteiger partial charge is 0.468 e. The molecule has 2 aromatic rings. The maximum Gasteiger partial charge on any atom is 0.238 e. The van der Waals surface area contributed by atoms with Crippen LogP contribution in [0.2, 0.25) is 0 Å². The number of benzene rings is 1. The van der Waals surface area contributed by atoms with Gasteiger partial charge in [-0.25, -0.2) is 13.6 Å². The fourth-order valence-electron chi connectivity index (χ4n) is 2.04. The van der Waals surface area contributed by atoms with Crippen molar-refractivity contribution in [3.63, 3.8) is 0 Å². The fourth-order valence-corrected chi connectivity index (χ4v) is 2.55. The molecular formula is C14H18N2O3S. The van der Waals surface area contributed by atoms with Crippen LogP contribution in [0.4, 0.5) is 0 Å². The molecule has 6 heteroatoms. The zero-order valence-electron chi connectivity index (χ0n) is 11.4. The number of furan rings is 1. The second kappa shape index (κ2) is 5.78. The van der Waals surface area contributed by atoms with Gasteiger partial charge < -0.3 is 9.73 Å². The van der Waals surface area contributed by atoms with Crippen molar-refractivity contribution in [3.05, 3.63) is 54.0 Å². The molecule has 0 spiro atoms. The molecule has 5 nitrogen and oxygen atoms in total. The van der Waals surface area contributed by atoms with Crippen molar-refractivity contribution in [1.82, 2.24) is 5.32 Å². The van der Waals surface area contributed by atoms with Crippen molar-refractivity contribution in [2.75, 3.05) is 0 Å². The van der Waals surface area contributed by atoms with E-state index in [1.54, 1.807) is 18.4 Å². The molecule has 1 unspecified atom stereocenters. The monoisotopic (exact) mass is 294 g/mol. The highest BCUT2D eigenvalue weighted by atomic mass is 32.2. The highest BCUT2D eigenvalue weighted by molar-refractivity contribution is 7.89. The molecule has 20 heavy (non-hydrogen) atoms. The number of hydrogen-bond donors (Lipinski definition) is 2. The van der Waals surface area contributed by atoms with Crippen LogP contribution in [0.15, 0.2) is 52.0 Å². The summed E-state index contributed by atoms with van der Waals surface area (Å²) in [5.74, 6) is 0.859. The summed E-state index contributed by atoms with van der Waals surface area (Å²) in [6.07, 6.45) is 1.64. The van der Waals surface area contributed by atoms with Crippen LogP contribution in [0.1, 0.15) is 37.3 Å². The van der Waals surface area contributed by atoms with Crippen LogP contribution < -0.4 is 10.5 Å². The molecule has 1 aromatic carbocycles. The summed E-state index contributed by atoms with van der Waals surface area (Å²) in [6, 6.07) is 10.4. The van der Waals surface area contributed by atoms with Crippen molar-refractivity contribution in [2.45, 2.75) is 30.8 Å². The lowest BCUT2D eigenvalue weighted by atomic mass is 10.1. The SMILES string of the molecule is CC(N[C@@H](C)c1ccco1)c1ccc(S(N)(=O)=O)cc1. The zero-order valence-corrected chi connectivity index (χ0v) is 12.2. The van der Waals surface area contributed by atoms with Gasteiger partial charge in [0.25, 0.3) is 0 Å². The smallest absolute Gasteiger partial charge is 0.238 e. The highest BCUT2D eigenvalue weighted by Crippen LogP contribution is 2.20. The maximum atomic E-state index is 11.2. The molecule has 0 radical (unpaired) electrons. The lowest BCUT2D eigenvalue weighted by molar-refractivity contribution is 0.403. The number of primary sulfonamides is 1. The summed E-state index contributed by atoms with van der Waals surface area (Å²) in [6.45, 7) is 4.01. The first-order chi connectivity index (χ1) is 9.38. The van der Waals surface area contributed by atoms with Gasteiger partial charge in [0.05, 0.1) is 17.2 Å². The molecule has 0 aliphatic heterocycles. The predicted octanol–water partition coefficient (Wildman–Crippen LogP) is 2.34. The van der Waals surface area contributed by atoms with Gasteiger partial charge in [0.1, 0.15) is 5.76 Å². The highest BCUT2D eigenvalue weighted by Gasteiger charge is 2.14. The molecule has 0 amide bonds. The van der Waals surface area contributed by atoms with Gasteiger partial charge in [0, 0.05) is 6.04 Å². The van der Waals surface area contributed by atoms with E-state index in [4.69, 9.17) is 9.56 Å². The Morgan fingerprint density at radius 1 is 1.10 bits per heavy atom. The third-order valence-electron chi connectivity index (χ3n) is 3.18. The van der Waals surface area contributed by atoms with Crippen molar-refractivity contribution in [1.29, 1.82) is 0 Å².